The largest absolute Gasteiger partial charge is 0.435 e. The molecule has 1 aliphatic heterocycles. The van der Waals surface area contributed by atoms with E-state index in [2.05, 4.69) is 41.9 Å². The summed E-state index contributed by atoms with van der Waals surface area (Å²) in [4.78, 5) is 21.5. The second-order valence-corrected chi connectivity index (χ2v) is 7.46. The lowest BCUT2D eigenvalue weighted by molar-refractivity contribution is 0.0714. The van der Waals surface area contributed by atoms with Crippen LogP contribution in [0.15, 0.2) is 46.9 Å². The summed E-state index contributed by atoms with van der Waals surface area (Å²) in [6.07, 6.45) is 0. The summed E-state index contributed by atoms with van der Waals surface area (Å²) in [5.41, 5.74) is 4.20. The molecule has 0 bridgehead atoms. The maximum absolute atomic E-state index is 14.3. The molecule has 3 aromatic rings. The van der Waals surface area contributed by atoms with Crippen LogP contribution in [0.1, 0.15) is 27.6 Å². The van der Waals surface area contributed by atoms with Gasteiger partial charge in [-0.2, -0.15) is 0 Å². The van der Waals surface area contributed by atoms with Gasteiger partial charge in [-0.3, -0.25) is 4.79 Å². The zero-order valence-electron chi connectivity index (χ0n) is 16.9. The highest BCUT2D eigenvalue weighted by molar-refractivity contribution is 5.97. The Morgan fingerprint density at radius 3 is 2.48 bits per heavy atom. The first-order valence-corrected chi connectivity index (χ1v) is 9.78. The first-order valence-electron chi connectivity index (χ1n) is 9.78. The minimum absolute atomic E-state index is 0.104. The molecule has 29 heavy (non-hydrogen) atoms. The highest BCUT2D eigenvalue weighted by Gasteiger charge is 2.29. The van der Waals surface area contributed by atoms with E-state index in [1.165, 1.54) is 22.9 Å². The lowest BCUT2D eigenvalue weighted by Gasteiger charge is -2.36. The molecule has 5 nitrogen and oxygen atoms in total. The Hall–Kier alpha value is -3.15. The number of amides is 1. The maximum atomic E-state index is 14.3. The molecule has 0 N–H and O–H groups in total. The van der Waals surface area contributed by atoms with Gasteiger partial charge in [-0.25, -0.2) is 9.37 Å². The molecule has 1 aliphatic rings. The fourth-order valence-corrected chi connectivity index (χ4v) is 3.76. The molecule has 150 valence electrons. The number of nitrogens with zero attached hydrogens (tertiary/aromatic N) is 3. The van der Waals surface area contributed by atoms with E-state index >= 15 is 0 Å². The summed E-state index contributed by atoms with van der Waals surface area (Å²) in [7, 11) is 0. The highest BCUT2D eigenvalue weighted by atomic mass is 19.1. The Balaban J connectivity index is 1.54. The van der Waals surface area contributed by atoms with Crippen molar-refractivity contribution in [1.82, 2.24) is 9.88 Å². The summed E-state index contributed by atoms with van der Waals surface area (Å²) in [5.74, 6) is -0.215. The molecule has 0 unspecified atom stereocenters. The van der Waals surface area contributed by atoms with Gasteiger partial charge in [0.05, 0.1) is 0 Å². The molecular weight excluding hydrogens is 369 g/mol. The molecule has 1 amide bonds. The average molecular weight is 393 g/mol. The van der Waals surface area contributed by atoms with Crippen LogP contribution < -0.4 is 4.90 Å². The molecule has 0 aliphatic carbocycles. The van der Waals surface area contributed by atoms with Gasteiger partial charge in [-0.05, 0) is 43.2 Å². The van der Waals surface area contributed by atoms with Crippen molar-refractivity contribution in [2.75, 3.05) is 31.1 Å². The number of rotatable bonds is 3. The third-order valence-electron chi connectivity index (χ3n) is 5.33. The first-order chi connectivity index (χ1) is 13.9. The van der Waals surface area contributed by atoms with Crippen molar-refractivity contribution in [3.8, 4) is 11.3 Å². The Bertz CT molecular complexity index is 1050. The number of hydrogen-bond donors (Lipinski definition) is 0. The van der Waals surface area contributed by atoms with E-state index in [9.17, 15) is 9.18 Å². The van der Waals surface area contributed by atoms with Gasteiger partial charge in [-0.1, -0.05) is 24.3 Å². The Kier molecular flexibility index (Phi) is 5.09. The van der Waals surface area contributed by atoms with Crippen molar-refractivity contribution in [1.29, 1.82) is 0 Å². The van der Waals surface area contributed by atoms with Crippen molar-refractivity contribution in [2.24, 2.45) is 0 Å². The van der Waals surface area contributed by atoms with Crippen molar-refractivity contribution < 1.29 is 13.6 Å². The molecule has 0 atom stereocenters. The van der Waals surface area contributed by atoms with Gasteiger partial charge < -0.3 is 14.2 Å². The predicted octanol–water partition coefficient (Wildman–Crippen LogP) is 4.37. The van der Waals surface area contributed by atoms with Crippen LogP contribution in [0.2, 0.25) is 0 Å². The fraction of sp³-hybridized carbons (Fsp3) is 0.304. The Morgan fingerprint density at radius 1 is 1.03 bits per heavy atom. The van der Waals surface area contributed by atoms with Gasteiger partial charge in [0.2, 0.25) is 5.76 Å². The number of anilines is 1. The van der Waals surface area contributed by atoms with E-state index in [4.69, 9.17) is 4.42 Å². The summed E-state index contributed by atoms with van der Waals surface area (Å²) < 4.78 is 19.9. The van der Waals surface area contributed by atoms with Crippen LogP contribution in [-0.4, -0.2) is 42.0 Å². The quantitative estimate of drug-likeness (QED) is 0.663. The molecular formula is C23H24FN3O2. The second kappa shape index (κ2) is 7.70. The molecule has 1 saturated heterocycles. The summed E-state index contributed by atoms with van der Waals surface area (Å²) in [6, 6.07) is 12.7. The highest BCUT2D eigenvalue weighted by Crippen LogP contribution is 2.28. The standard InChI is InChI=1S/C23H24FN3O2/c1-15-8-9-16(2)20(14-15)26-10-12-27(13-11-26)23(28)22-21(25-17(3)29-22)18-6-4-5-7-19(18)24/h4-9,14H,10-13H2,1-3H3. The van der Waals surface area contributed by atoms with Gasteiger partial charge in [0.25, 0.3) is 5.91 Å². The van der Waals surface area contributed by atoms with Gasteiger partial charge in [0, 0.05) is 44.4 Å². The first kappa shape index (κ1) is 19.2. The number of aromatic nitrogens is 1. The second-order valence-electron chi connectivity index (χ2n) is 7.46. The Labute approximate surface area is 169 Å². The SMILES string of the molecule is Cc1ccc(C)c(N2CCN(C(=O)c3oc(C)nc3-c3ccccc3F)CC2)c1. The van der Waals surface area contributed by atoms with E-state index in [0.29, 0.717) is 19.0 Å². The minimum Gasteiger partial charge on any atom is -0.435 e. The van der Waals surface area contributed by atoms with Crippen molar-refractivity contribution in [3.05, 3.63) is 71.1 Å². The molecule has 0 spiro atoms. The van der Waals surface area contributed by atoms with E-state index < -0.39 is 5.82 Å². The van der Waals surface area contributed by atoms with Crippen LogP contribution in [0.3, 0.4) is 0 Å². The third kappa shape index (κ3) is 3.75. The van der Waals surface area contributed by atoms with E-state index in [0.717, 1.165) is 13.1 Å². The van der Waals surface area contributed by atoms with Crippen LogP contribution in [0.25, 0.3) is 11.3 Å². The molecule has 1 fully saturated rings. The van der Waals surface area contributed by atoms with Crippen molar-refractivity contribution in [2.45, 2.75) is 20.8 Å². The van der Waals surface area contributed by atoms with Gasteiger partial charge >= 0.3 is 0 Å². The molecule has 2 heterocycles. The summed E-state index contributed by atoms with van der Waals surface area (Å²) in [6.45, 7) is 8.46. The molecule has 0 saturated carbocycles. The number of benzene rings is 2. The average Bonchev–Trinajstić information content (AvgIpc) is 3.11. The van der Waals surface area contributed by atoms with E-state index in [1.807, 2.05) is 0 Å². The minimum atomic E-state index is -0.422. The predicted molar refractivity (Wildman–Crippen MR) is 111 cm³/mol. The van der Waals surface area contributed by atoms with Gasteiger partial charge in [0.1, 0.15) is 11.5 Å². The van der Waals surface area contributed by atoms with Crippen molar-refractivity contribution in [3.63, 3.8) is 0 Å². The molecule has 0 radical (unpaired) electrons. The fourth-order valence-electron chi connectivity index (χ4n) is 3.76. The normalized spacial score (nSPS) is 14.3. The monoisotopic (exact) mass is 393 g/mol. The van der Waals surface area contributed by atoms with Crippen LogP contribution in [0, 0.1) is 26.6 Å². The molecule has 2 aromatic carbocycles. The number of piperazine rings is 1. The summed E-state index contributed by atoms with van der Waals surface area (Å²) >= 11 is 0. The number of carbonyl (C=O) groups is 1. The third-order valence-corrected chi connectivity index (χ3v) is 5.33. The molecule has 1 aromatic heterocycles. The molecule has 4 rings (SSSR count). The lowest BCUT2D eigenvalue weighted by atomic mass is 10.1. The van der Waals surface area contributed by atoms with Crippen LogP contribution >= 0.6 is 0 Å². The van der Waals surface area contributed by atoms with Crippen molar-refractivity contribution >= 4 is 11.6 Å². The van der Waals surface area contributed by atoms with Crippen LogP contribution in [0.4, 0.5) is 10.1 Å². The number of oxazole rings is 1. The zero-order valence-corrected chi connectivity index (χ0v) is 16.9. The van der Waals surface area contributed by atoms with Crippen LogP contribution in [-0.2, 0) is 0 Å². The smallest absolute Gasteiger partial charge is 0.292 e. The number of hydrogen-bond acceptors (Lipinski definition) is 4. The van der Waals surface area contributed by atoms with Gasteiger partial charge in [-0.15, -0.1) is 0 Å². The van der Waals surface area contributed by atoms with Gasteiger partial charge in [0.15, 0.2) is 5.89 Å². The Morgan fingerprint density at radius 2 is 1.76 bits per heavy atom. The van der Waals surface area contributed by atoms with Crippen LogP contribution in [0.5, 0.6) is 0 Å². The molecule has 6 heteroatoms. The zero-order chi connectivity index (χ0) is 20.5. The summed E-state index contributed by atoms with van der Waals surface area (Å²) in [5, 5.41) is 0. The maximum Gasteiger partial charge on any atom is 0.292 e. The number of aryl methyl sites for hydroxylation is 3. The number of halogens is 1. The topological polar surface area (TPSA) is 49.6 Å². The lowest BCUT2D eigenvalue weighted by Crippen LogP contribution is -2.49. The number of carbonyl (C=O) groups excluding carboxylic acids is 1. The van der Waals surface area contributed by atoms with E-state index in [-0.39, 0.29) is 22.9 Å². The van der Waals surface area contributed by atoms with E-state index in [1.54, 1.807) is 30.0 Å².